The molecule has 1 heterocycles. The summed E-state index contributed by atoms with van der Waals surface area (Å²) in [5.41, 5.74) is 1.32. The number of ether oxygens (including phenoxy) is 4. The van der Waals surface area contributed by atoms with Crippen molar-refractivity contribution >= 4 is 18.0 Å². The normalized spacial score (nSPS) is 18.3. The summed E-state index contributed by atoms with van der Waals surface area (Å²) < 4.78 is 22.7. The fourth-order valence-electron chi connectivity index (χ4n) is 4.77. The molecule has 1 amide bonds. The Bertz CT molecular complexity index is 1400. The highest BCUT2D eigenvalue weighted by Crippen LogP contribution is 2.49. The number of rotatable bonds is 9. The van der Waals surface area contributed by atoms with Gasteiger partial charge in [-0.15, -0.1) is 6.58 Å². The van der Waals surface area contributed by atoms with Gasteiger partial charge in [0.05, 0.1) is 0 Å². The van der Waals surface area contributed by atoms with Gasteiger partial charge in [-0.25, -0.2) is 9.59 Å². The lowest BCUT2D eigenvalue weighted by atomic mass is 9.74. The maximum atomic E-state index is 13.2. The van der Waals surface area contributed by atoms with Gasteiger partial charge in [-0.2, -0.15) is 0 Å². The molecule has 8 nitrogen and oxygen atoms in total. The zero-order chi connectivity index (χ0) is 29.6. The van der Waals surface area contributed by atoms with Gasteiger partial charge in [0.1, 0.15) is 29.4 Å². The molecule has 41 heavy (non-hydrogen) atoms. The molecule has 0 aliphatic carbocycles. The Kier molecular flexibility index (Phi) is 8.81. The maximum absolute atomic E-state index is 13.2. The molecule has 0 aromatic heterocycles. The van der Waals surface area contributed by atoms with Crippen LogP contribution in [0, 0.1) is 0 Å². The van der Waals surface area contributed by atoms with Crippen molar-refractivity contribution in [3.8, 4) is 5.75 Å². The summed E-state index contributed by atoms with van der Waals surface area (Å²) >= 11 is 0. The third-order valence-electron chi connectivity index (χ3n) is 6.58. The van der Waals surface area contributed by atoms with Crippen molar-refractivity contribution in [3.63, 3.8) is 0 Å². The van der Waals surface area contributed by atoms with E-state index in [0.717, 1.165) is 22.3 Å². The SMILES string of the molecule is C=CC1(c2ccccc2)c2cc(C[C@H](NC(=O)OCc3ccccc3)C(=O)OC(C)(C)C)ccc2OC1OC(C)=O. The van der Waals surface area contributed by atoms with Crippen molar-refractivity contribution < 1.29 is 33.3 Å². The summed E-state index contributed by atoms with van der Waals surface area (Å²) in [6.45, 7) is 10.7. The van der Waals surface area contributed by atoms with E-state index in [1.807, 2.05) is 66.7 Å². The number of amides is 1. The van der Waals surface area contributed by atoms with E-state index in [0.29, 0.717) is 5.75 Å². The van der Waals surface area contributed by atoms with Crippen LogP contribution in [0.25, 0.3) is 0 Å². The average Bonchev–Trinajstić information content (AvgIpc) is 3.24. The van der Waals surface area contributed by atoms with Crippen molar-refractivity contribution in [3.05, 3.63) is 114 Å². The number of hydrogen-bond acceptors (Lipinski definition) is 7. The van der Waals surface area contributed by atoms with Crippen LogP contribution in [0.1, 0.15) is 49.9 Å². The van der Waals surface area contributed by atoms with Gasteiger partial charge in [0.2, 0.25) is 0 Å². The number of carbonyl (C=O) groups is 3. The highest BCUT2D eigenvalue weighted by molar-refractivity contribution is 5.82. The molecule has 0 fully saturated rings. The fraction of sp³-hybridized carbons (Fsp3) is 0.303. The van der Waals surface area contributed by atoms with Crippen molar-refractivity contribution in [2.75, 3.05) is 0 Å². The Morgan fingerprint density at radius 1 is 1.00 bits per heavy atom. The number of nitrogens with one attached hydrogen (secondary N) is 1. The second-order valence-electron chi connectivity index (χ2n) is 10.8. The van der Waals surface area contributed by atoms with Crippen LogP contribution in [0.5, 0.6) is 5.75 Å². The Morgan fingerprint density at radius 3 is 2.27 bits per heavy atom. The minimum absolute atomic E-state index is 0.0559. The minimum Gasteiger partial charge on any atom is -0.458 e. The molecule has 0 saturated carbocycles. The second-order valence-corrected chi connectivity index (χ2v) is 10.8. The summed E-state index contributed by atoms with van der Waals surface area (Å²) in [6.07, 6.45) is 0.102. The molecule has 214 valence electrons. The van der Waals surface area contributed by atoms with E-state index in [-0.39, 0.29) is 13.0 Å². The molecule has 0 bridgehead atoms. The van der Waals surface area contributed by atoms with E-state index < -0.39 is 41.4 Å². The fourth-order valence-corrected chi connectivity index (χ4v) is 4.77. The molecule has 0 radical (unpaired) electrons. The van der Waals surface area contributed by atoms with Crippen LogP contribution in [0.15, 0.2) is 91.5 Å². The summed E-state index contributed by atoms with van der Waals surface area (Å²) in [4.78, 5) is 37.9. The van der Waals surface area contributed by atoms with Gasteiger partial charge in [0.25, 0.3) is 6.29 Å². The van der Waals surface area contributed by atoms with Gasteiger partial charge in [0, 0.05) is 18.9 Å². The number of alkyl carbamates (subject to hydrolysis) is 1. The molecule has 1 aliphatic rings. The molecule has 2 unspecified atom stereocenters. The first-order valence-electron chi connectivity index (χ1n) is 13.4. The average molecular weight is 558 g/mol. The summed E-state index contributed by atoms with van der Waals surface area (Å²) in [5, 5.41) is 2.67. The number of esters is 2. The highest BCUT2D eigenvalue weighted by atomic mass is 16.7. The predicted molar refractivity (Wildman–Crippen MR) is 153 cm³/mol. The van der Waals surface area contributed by atoms with E-state index in [1.165, 1.54) is 6.92 Å². The predicted octanol–water partition coefficient (Wildman–Crippen LogP) is 5.62. The Morgan fingerprint density at radius 2 is 1.66 bits per heavy atom. The van der Waals surface area contributed by atoms with E-state index >= 15 is 0 Å². The molecule has 3 atom stereocenters. The smallest absolute Gasteiger partial charge is 0.408 e. The number of hydrogen-bond donors (Lipinski definition) is 1. The van der Waals surface area contributed by atoms with E-state index in [1.54, 1.807) is 39.0 Å². The first-order chi connectivity index (χ1) is 19.5. The van der Waals surface area contributed by atoms with Gasteiger partial charge in [-0.1, -0.05) is 78.9 Å². The van der Waals surface area contributed by atoms with E-state index in [4.69, 9.17) is 18.9 Å². The van der Waals surface area contributed by atoms with E-state index in [2.05, 4.69) is 11.9 Å². The van der Waals surface area contributed by atoms with Crippen molar-refractivity contribution in [2.24, 2.45) is 0 Å². The Labute approximate surface area is 240 Å². The molecule has 3 aromatic carbocycles. The van der Waals surface area contributed by atoms with Gasteiger partial charge >= 0.3 is 18.0 Å². The second kappa shape index (κ2) is 12.3. The Hall–Kier alpha value is -4.59. The maximum Gasteiger partial charge on any atom is 0.408 e. The molecule has 1 N–H and O–H groups in total. The molecule has 3 aromatic rings. The van der Waals surface area contributed by atoms with Crippen molar-refractivity contribution in [1.29, 1.82) is 0 Å². The standard InChI is InChI=1S/C33H35NO7/c1-6-33(25-15-11-8-12-16-25)26-19-24(17-18-28(26)40-30(33)39-22(2)35)20-27(29(36)41-32(3,4)5)34-31(37)38-21-23-13-9-7-10-14-23/h6-19,27,30H,1,20-21H2,2-5H3,(H,34,37)/t27-,30?,33?/m0/s1. The molecule has 4 rings (SSSR count). The van der Waals surface area contributed by atoms with Gasteiger partial charge in [0.15, 0.2) is 0 Å². The van der Waals surface area contributed by atoms with Gasteiger partial charge < -0.3 is 24.3 Å². The highest BCUT2D eigenvalue weighted by Gasteiger charge is 2.51. The lowest BCUT2D eigenvalue weighted by Gasteiger charge is -2.31. The number of carbonyl (C=O) groups excluding carboxylic acids is 3. The third-order valence-corrected chi connectivity index (χ3v) is 6.58. The molecule has 0 spiro atoms. The van der Waals surface area contributed by atoms with Crippen LogP contribution in [-0.2, 0) is 42.2 Å². The number of fused-ring (bicyclic) bond motifs is 1. The lowest BCUT2D eigenvalue weighted by molar-refractivity contribution is -0.163. The lowest BCUT2D eigenvalue weighted by Crippen LogP contribution is -2.45. The quantitative estimate of drug-likeness (QED) is 0.207. The largest absolute Gasteiger partial charge is 0.458 e. The van der Waals surface area contributed by atoms with Crippen LogP contribution in [-0.4, -0.2) is 36.0 Å². The zero-order valence-corrected chi connectivity index (χ0v) is 23.7. The third kappa shape index (κ3) is 6.95. The molecule has 1 aliphatic heterocycles. The summed E-state index contributed by atoms with van der Waals surface area (Å²) in [6, 6.07) is 23.1. The van der Waals surface area contributed by atoms with Crippen LogP contribution in [0.3, 0.4) is 0 Å². The monoisotopic (exact) mass is 557 g/mol. The van der Waals surface area contributed by atoms with Gasteiger partial charge in [-0.05, 0) is 43.5 Å². The first kappa shape index (κ1) is 29.4. The number of benzene rings is 3. The van der Waals surface area contributed by atoms with Crippen LogP contribution >= 0.6 is 0 Å². The van der Waals surface area contributed by atoms with E-state index in [9.17, 15) is 14.4 Å². The molecule has 0 saturated heterocycles. The summed E-state index contributed by atoms with van der Waals surface area (Å²) in [7, 11) is 0. The van der Waals surface area contributed by atoms with Crippen LogP contribution in [0.4, 0.5) is 4.79 Å². The molecular formula is C33H35NO7. The van der Waals surface area contributed by atoms with Crippen molar-refractivity contribution in [1.82, 2.24) is 5.32 Å². The topological polar surface area (TPSA) is 100 Å². The van der Waals surface area contributed by atoms with Crippen LogP contribution < -0.4 is 10.1 Å². The van der Waals surface area contributed by atoms with Crippen LogP contribution in [0.2, 0.25) is 0 Å². The first-order valence-corrected chi connectivity index (χ1v) is 13.4. The minimum atomic E-state index is -1.03. The molecular weight excluding hydrogens is 522 g/mol. The van der Waals surface area contributed by atoms with Gasteiger partial charge in [-0.3, -0.25) is 4.79 Å². The zero-order valence-electron chi connectivity index (χ0n) is 23.7. The molecule has 8 heteroatoms. The van der Waals surface area contributed by atoms with Crippen molar-refractivity contribution in [2.45, 2.75) is 64.1 Å². The summed E-state index contributed by atoms with van der Waals surface area (Å²) in [5.74, 6) is -0.567. The Balaban J connectivity index is 1.64.